The molecule has 0 unspecified atom stereocenters. The second-order valence-electron chi connectivity index (χ2n) is 8.81. The molecule has 3 fully saturated rings. The van der Waals surface area contributed by atoms with Gasteiger partial charge in [-0.1, -0.05) is 0 Å². The van der Waals surface area contributed by atoms with Crippen LogP contribution in [0.25, 0.3) is 0 Å². The van der Waals surface area contributed by atoms with E-state index in [1.54, 1.807) is 11.3 Å². The molecule has 0 aliphatic carbocycles. The third-order valence-electron chi connectivity index (χ3n) is 6.32. The molecule has 8 nitrogen and oxygen atoms in total. The number of nitrogens with one attached hydrogen (secondary N) is 1. The van der Waals surface area contributed by atoms with Crippen molar-refractivity contribution in [3.8, 4) is 0 Å². The third kappa shape index (κ3) is 5.01. The van der Waals surface area contributed by atoms with Crippen LogP contribution in [0.2, 0.25) is 0 Å². The first-order chi connectivity index (χ1) is 14.5. The van der Waals surface area contributed by atoms with Gasteiger partial charge in [-0.05, 0) is 19.8 Å². The number of ether oxygens (including phenoxy) is 2. The zero-order valence-electron chi connectivity index (χ0n) is 17.8. The molecule has 3 saturated heterocycles. The Balaban J connectivity index is 1.45. The van der Waals surface area contributed by atoms with Crippen LogP contribution in [-0.4, -0.2) is 84.2 Å². The molecule has 4 heterocycles. The molecule has 1 aromatic heterocycles. The van der Waals surface area contributed by atoms with E-state index in [4.69, 9.17) is 9.47 Å². The van der Waals surface area contributed by atoms with Crippen LogP contribution in [0, 0.1) is 11.8 Å². The number of morpholine rings is 1. The summed E-state index contributed by atoms with van der Waals surface area (Å²) in [5.74, 6) is 0.575. The lowest BCUT2D eigenvalue weighted by Gasteiger charge is -2.29. The van der Waals surface area contributed by atoms with Crippen molar-refractivity contribution < 1.29 is 19.1 Å². The molecule has 0 bridgehead atoms. The Labute approximate surface area is 181 Å². The van der Waals surface area contributed by atoms with Crippen LogP contribution in [0.1, 0.15) is 32.4 Å². The fourth-order valence-corrected chi connectivity index (χ4v) is 5.60. The molecule has 4 rings (SSSR count). The van der Waals surface area contributed by atoms with Crippen molar-refractivity contribution in [1.82, 2.24) is 20.1 Å². The highest BCUT2D eigenvalue weighted by atomic mass is 32.1. The molecule has 9 heteroatoms. The maximum atomic E-state index is 12.8. The summed E-state index contributed by atoms with van der Waals surface area (Å²) in [7, 11) is 0. The maximum Gasteiger partial charge on any atom is 0.225 e. The molecule has 0 aromatic carbocycles. The second kappa shape index (κ2) is 9.72. The number of fused-ring (bicyclic) bond motifs is 1. The highest BCUT2D eigenvalue weighted by Gasteiger charge is 2.51. The lowest BCUT2D eigenvalue weighted by Crippen LogP contribution is -2.43. The summed E-state index contributed by atoms with van der Waals surface area (Å²) in [5.41, 5.74) is 2.91. The van der Waals surface area contributed by atoms with E-state index < -0.39 is 0 Å². The quantitative estimate of drug-likeness (QED) is 0.690. The summed E-state index contributed by atoms with van der Waals surface area (Å²) in [6.45, 7) is 8.67. The summed E-state index contributed by atoms with van der Waals surface area (Å²) in [6, 6.07) is 0.352. The van der Waals surface area contributed by atoms with Gasteiger partial charge in [0.2, 0.25) is 11.8 Å². The summed E-state index contributed by atoms with van der Waals surface area (Å²) in [4.78, 5) is 34.1. The molecule has 1 aromatic rings. The number of carbonyl (C=O) groups excluding carboxylic acids is 2. The molecule has 0 spiro atoms. The SMILES string of the molecule is CC(C)NC(=O)C[C@@H]1CN(Cc2cscn2)[C@@H]2CO[C@@H](CC(=O)N3CCOCC3)[C@H]12. The van der Waals surface area contributed by atoms with Gasteiger partial charge in [-0.15, -0.1) is 11.3 Å². The van der Waals surface area contributed by atoms with Gasteiger partial charge in [-0.3, -0.25) is 14.5 Å². The summed E-state index contributed by atoms with van der Waals surface area (Å²) in [5, 5.41) is 5.09. The first-order valence-electron chi connectivity index (χ1n) is 10.9. The van der Waals surface area contributed by atoms with Crippen molar-refractivity contribution in [3.63, 3.8) is 0 Å². The number of hydrogen-bond donors (Lipinski definition) is 1. The van der Waals surface area contributed by atoms with Gasteiger partial charge in [0.1, 0.15) is 0 Å². The fourth-order valence-electron chi connectivity index (χ4n) is 5.05. The van der Waals surface area contributed by atoms with Crippen LogP contribution in [0.4, 0.5) is 0 Å². The predicted octanol–water partition coefficient (Wildman–Crippen LogP) is 1.12. The highest BCUT2D eigenvalue weighted by Crippen LogP contribution is 2.42. The van der Waals surface area contributed by atoms with Crippen molar-refractivity contribution in [3.05, 3.63) is 16.6 Å². The van der Waals surface area contributed by atoms with Gasteiger partial charge in [0.25, 0.3) is 0 Å². The highest BCUT2D eigenvalue weighted by molar-refractivity contribution is 7.07. The third-order valence-corrected chi connectivity index (χ3v) is 6.96. The minimum Gasteiger partial charge on any atom is -0.378 e. The Bertz CT molecular complexity index is 723. The summed E-state index contributed by atoms with van der Waals surface area (Å²) in [6.07, 6.45) is 0.717. The number of rotatable bonds is 7. The van der Waals surface area contributed by atoms with Gasteiger partial charge < -0.3 is 19.7 Å². The van der Waals surface area contributed by atoms with E-state index in [2.05, 4.69) is 20.6 Å². The number of aromatic nitrogens is 1. The Morgan fingerprint density at radius 1 is 1.30 bits per heavy atom. The lowest BCUT2D eigenvalue weighted by atomic mass is 9.84. The minimum absolute atomic E-state index is 0.0782. The smallest absolute Gasteiger partial charge is 0.225 e. The molecule has 0 radical (unpaired) electrons. The molecule has 2 amide bonds. The van der Waals surface area contributed by atoms with Crippen LogP contribution in [0.5, 0.6) is 0 Å². The number of hydrogen-bond acceptors (Lipinski definition) is 7. The molecule has 3 aliphatic rings. The van der Waals surface area contributed by atoms with Crippen LogP contribution >= 0.6 is 11.3 Å². The topological polar surface area (TPSA) is 84.0 Å². The van der Waals surface area contributed by atoms with Crippen molar-refractivity contribution in [2.45, 2.75) is 51.4 Å². The van der Waals surface area contributed by atoms with E-state index in [9.17, 15) is 9.59 Å². The standard InChI is InChI=1S/C21H32N4O4S/c1-14(2)23-19(26)7-15-9-25(10-16-12-30-13-22-16)17-11-29-18(21(15)17)8-20(27)24-3-5-28-6-4-24/h12-15,17-18,21H,3-11H2,1-2H3,(H,23,26)/t15-,17-,18+,21-/m1/s1. The van der Waals surface area contributed by atoms with Crippen LogP contribution < -0.4 is 5.32 Å². The number of thiazole rings is 1. The Kier molecular flexibility index (Phi) is 7.02. The zero-order chi connectivity index (χ0) is 21.1. The monoisotopic (exact) mass is 436 g/mol. The second-order valence-corrected chi connectivity index (χ2v) is 9.53. The number of carbonyl (C=O) groups is 2. The van der Waals surface area contributed by atoms with Crippen molar-refractivity contribution in [1.29, 1.82) is 0 Å². The molecule has 4 atom stereocenters. The van der Waals surface area contributed by atoms with E-state index in [0.29, 0.717) is 45.8 Å². The first kappa shape index (κ1) is 21.7. The van der Waals surface area contributed by atoms with E-state index >= 15 is 0 Å². The lowest BCUT2D eigenvalue weighted by molar-refractivity contribution is -0.138. The van der Waals surface area contributed by atoms with Crippen LogP contribution in [-0.2, 0) is 25.6 Å². The van der Waals surface area contributed by atoms with Gasteiger partial charge in [-0.2, -0.15) is 0 Å². The zero-order valence-corrected chi connectivity index (χ0v) is 18.6. The molecule has 166 valence electrons. The van der Waals surface area contributed by atoms with E-state index in [1.165, 1.54) is 0 Å². The van der Waals surface area contributed by atoms with Crippen LogP contribution in [0.15, 0.2) is 10.9 Å². The van der Waals surface area contributed by atoms with Gasteiger partial charge in [0.05, 0.1) is 43.5 Å². The van der Waals surface area contributed by atoms with E-state index in [1.807, 2.05) is 24.3 Å². The summed E-state index contributed by atoms with van der Waals surface area (Å²) >= 11 is 1.60. The maximum absolute atomic E-state index is 12.8. The summed E-state index contributed by atoms with van der Waals surface area (Å²) < 4.78 is 11.5. The molecular weight excluding hydrogens is 404 g/mol. The Hall–Kier alpha value is -1.55. The largest absolute Gasteiger partial charge is 0.378 e. The van der Waals surface area contributed by atoms with Gasteiger partial charge in [0.15, 0.2) is 0 Å². The van der Waals surface area contributed by atoms with E-state index in [-0.39, 0.29) is 41.8 Å². The molecule has 3 aliphatic heterocycles. The van der Waals surface area contributed by atoms with Crippen molar-refractivity contribution >= 4 is 23.2 Å². The Morgan fingerprint density at radius 3 is 2.80 bits per heavy atom. The van der Waals surface area contributed by atoms with Crippen LogP contribution in [0.3, 0.4) is 0 Å². The average molecular weight is 437 g/mol. The predicted molar refractivity (Wildman–Crippen MR) is 113 cm³/mol. The number of amides is 2. The minimum atomic E-state index is -0.136. The molecular formula is C21H32N4O4S. The average Bonchev–Trinajstić information content (AvgIpc) is 3.43. The van der Waals surface area contributed by atoms with Gasteiger partial charge >= 0.3 is 0 Å². The Morgan fingerprint density at radius 2 is 2.10 bits per heavy atom. The number of likely N-dealkylation sites (tertiary alicyclic amines) is 1. The number of nitrogens with zero attached hydrogens (tertiary/aromatic N) is 3. The first-order valence-corrected chi connectivity index (χ1v) is 11.8. The normalized spacial score (nSPS) is 29.4. The van der Waals surface area contributed by atoms with E-state index in [0.717, 1.165) is 18.8 Å². The van der Waals surface area contributed by atoms with Gasteiger partial charge in [-0.25, -0.2) is 4.98 Å². The molecule has 1 N–H and O–H groups in total. The van der Waals surface area contributed by atoms with Gasteiger partial charge in [0, 0.05) is 56.0 Å². The fraction of sp³-hybridized carbons (Fsp3) is 0.762. The molecule has 0 saturated carbocycles. The van der Waals surface area contributed by atoms with Crippen molar-refractivity contribution in [2.75, 3.05) is 39.5 Å². The van der Waals surface area contributed by atoms with Crippen molar-refractivity contribution in [2.24, 2.45) is 11.8 Å². The molecule has 30 heavy (non-hydrogen) atoms.